The van der Waals surface area contributed by atoms with Crippen molar-refractivity contribution in [2.45, 2.75) is 45.3 Å². The van der Waals surface area contributed by atoms with E-state index in [0.29, 0.717) is 12.6 Å². The van der Waals surface area contributed by atoms with Crippen molar-refractivity contribution in [3.63, 3.8) is 0 Å². The highest BCUT2D eigenvalue weighted by molar-refractivity contribution is 14.0. The minimum atomic E-state index is 0. The number of hydrogen-bond acceptors (Lipinski definition) is 6. The van der Waals surface area contributed by atoms with Gasteiger partial charge in [0.2, 0.25) is 11.8 Å². The SMILES string of the molecule is CN=C(NCc1ccnc(OC2CCC(C)CC2)c1)N1CCN(c2ncccn2)CC1.I. The van der Waals surface area contributed by atoms with Crippen LogP contribution in [0.5, 0.6) is 5.88 Å². The Morgan fingerprint density at radius 1 is 1.06 bits per heavy atom. The summed E-state index contributed by atoms with van der Waals surface area (Å²) in [7, 11) is 1.83. The number of nitrogens with one attached hydrogen (secondary N) is 1. The van der Waals surface area contributed by atoms with E-state index in [1.165, 1.54) is 12.8 Å². The minimum Gasteiger partial charge on any atom is -0.474 e. The van der Waals surface area contributed by atoms with Crippen molar-refractivity contribution in [1.29, 1.82) is 0 Å². The summed E-state index contributed by atoms with van der Waals surface area (Å²) in [4.78, 5) is 22.1. The quantitative estimate of drug-likeness (QED) is 0.347. The van der Waals surface area contributed by atoms with E-state index in [9.17, 15) is 0 Å². The van der Waals surface area contributed by atoms with E-state index < -0.39 is 0 Å². The molecular weight excluding hydrogens is 517 g/mol. The van der Waals surface area contributed by atoms with Crippen LogP contribution >= 0.6 is 24.0 Å². The molecule has 1 aliphatic carbocycles. The van der Waals surface area contributed by atoms with Gasteiger partial charge in [0.05, 0.1) is 0 Å². The van der Waals surface area contributed by atoms with E-state index in [0.717, 1.165) is 68.3 Å². The Morgan fingerprint density at radius 3 is 2.47 bits per heavy atom. The summed E-state index contributed by atoms with van der Waals surface area (Å²) < 4.78 is 6.15. The third kappa shape index (κ3) is 6.66. The lowest BCUT2D eigenvalue weighted by Crippen LogP contribution is -2.52. The van der Waals surface area contributed by atoms with Crippen LogP contribution in [0.4, 0.5) is 5.95 Å². The average Bonchev–Trinajstić information content (AvgIpc) is 2.82. The molecule has 0 aromatic carbocycles. The number of guanidine groups is 1. The zero-order valence-electron chi connectivity index (χ0n) is 19.0. The van der Waals surface area contributed by atoms with E-state index in [2.05, 4.69) is 42.0 Å². The maximum atomic E-state index is 6.15. The smallest absolute Gasteiger partial charge is 0.225 e. The zero-order valence-corrected chi connectivity index (χ0v) is 21.3. The molecule has 2 aliphatic rings. The van der Waals surface area contributed by atoms with Crippen molar-refractivity contribution in [2.75, 3.05) is 38.1 Å². The summed E-state index contributed by atoms with van der Waals surface area (Å²) in [6, 6.07) is 5.92. The summed E-state index contributed by atoms with van der Waals surface area (Å²) in [5.74, 6) is 3.25. The number of piperazine rings is 1. The molecule has 32 heavy (non-hydrogen) atoms. The fourth-order valence-electron chi connectivity index (χ4n) is 4.23. The van der Waals surface area contributed by atoms with Crippen molar-refractivity contribution >= 4 is 35.9 Å². The second-order valence-corrected chi connectivity index (χ2v) is 8.43. The van der Waals surface area contributed by atoms with Crippen LogP contribution in [0.15, 0.2) is 41.8 Å². The number of pyridine rings is 1. The Hall–Kier alpha value is -2.17. The van der Waals surface area contributed by atoms with Crippen molar-refractivity contribution in [2.24, 2.45) is 10.9 Å². The number of rotatable bonds is 5. The maximum absolute atomic E-state index is 6.15. The Bertz CT molecular complexity index is 850. The molecule has 0 spiro atoms. The highest BCUT2D eigenvalue weighted by atomic mass is 127. The van der Waals surface area contributed by atoms with Crippen molar-refractivity contribution in [1.82, 2.24) is 25.2 Å². The van der Waals surface area contributed by atoms with E-state index in [-0.39, 0.29) is 24.0 Å². The molecular formula is C23H34IN7O. The van der Waals surface area contributed by atoms with E-state index >= 15 is 0 Å². The van der Waals surface area contributed by atoms with E-state index in [4.69, 9.17) is 4.74 Å². The molecule has 3 heterocycles. The third-order valence-electron chi connectivity index (χ3n) is 6.13. The lowest BCUT2D eigenvalue weighted by molar-refractivity contribution is 0.130. The normalized spacial score (nSPS) is 21.6. The third-order valence-corrected chi connectivity index (χ3v) is 6.13. The van der Waals surface area contributed by atoms with E-state index in [1.54, 1.807) is 12.4 Å². The fraction of sp³-hybridized carbons (Fsp3) is 0.565. The van der Waals surface area contributed by atoms with Crippen LogP contribution in [0.25, 0.3) is 0 Å². The summed E-state index contributed by atoms with van der Waals surface area (Å²) in [5, 5.41) is 3.49. The number of aliphatic imine (C=N–C) groups is 1. The minimum absolute atomic E-state index is 0. The highest BCUT2D eigenvalue weighted by Crippen LogP contribution is 2.26. The van der Waals surface area contributed by atoms with Gasteiger partial charge in [0, 0.05) is 64.4 Å². The molecule has 0 radical (unpaired) electrons. The van der Waals surface area contributed by atoms with Crippen LogP contribution in [-0.4, -0.2) is 65.1 Å². The van der Waals surface area contributed by atoms with Gasteiger partial charge in [-0.1, -0.05) is 6.92 Å². The molecule has 2 fully saturated rings. The predicted molar refractivity (Wildman–Crippen MR) is 138 cm³/mol. The van der Waals surface area contributed by atoms with Crippen LogP contribution in [-0.2, 0) is 6.54 Å². The zero-order chi connectivity index (χ0) is 21.5. The molecule has 2 aromatic heterocycles. The van der Waals surface area contributed by atoms with Crippen molar-refractivity contribution in [3.8, 4) is 5.88 Å². The number of anilines is 1. The first kappa shape index (κ1) is 24.5. The number of halogens is 1. The van der Waals surface area contributed by atoms with Gasteiger partial charge >= 0.3 is 0 Å². The fourth-order valence-corrected chi connectivity index (χ4v) is 4.23. The van der Waals surface area contributed by atoms with Crippen molar-refractivity contribution < 1.29 is 4.74 Å². The van der Waals surface area contributed by atoms with E-state index in [1.807, 2.05) is 31.4 Å². The first-order chi connectivity index (χ1) is 15.2. The molecule has 1 saturated heterocycles. The second kappa shape index (κ2) is 12.2. The number of aromatic nitrogens is 3. The molecule has 0 unspecified atom stereocenters. The van der Waals surface area contributed by atoms with Gasteiger partial charge in [-0.2, -0.15) is 0 Å². The largest absolute Gasteiger partial charge is 0.474 e. The molecule has 1 aliphatic heterocycles. The molecule has 2 aromatic rings. The number of hydrogen-bond donors (Lipinski definition) is 1. The lowest BCUT2D eigenvalue weighted by atomic mass is 9.89. The molecule has 0 amide bonds. The van der Waals surface area contributed by atoms with Crippen LogP contribution in [0.1, 0.15) is 38.2 Å². The number of ether oxygens (including phenoxy) is 1. The Labute approximate surface area is 207 Å². The number of nitrogens with zero attached hydrogens (tertiary/aromatic N) is 6. The van der Waals surface area contributed by atoms with Gasteiger partial charge in [-0.15, -0.1) is 24.0 Å². The van der Waals surface area contributed by atoms with Gasteiger partial charge in [0.15, 0.2) is 5.96 Å². The molecule has 9 heteroatoms. The monoisotopic (exact) mass is 551 g/mol. The van der Waals surface area contributed by atoms with Crippen LogP contribution in [0.3, 0.4) is 0 Å². The topological polar surface area (TPSA) is 78.8 Å². The van der Waals surface area contributed by atoms with Crippen LogP contribution < -0.4 is 15.0 Å². The summed E-state index contributed by atoms with van der Waals surface area (Å²) in [6.07, 6.45) is 10.4. The van der Waals surface area contributed by atoms with Gasteiger partial charge in [-0.25, -0.2) is 15.0 Å². The maximum Gasteiger partial charge on any atom is 0.225 e. The van der Waals surface area contributed by atoms with Crippen molar-refractivity contribution in [3.05, 3.63) is 42.4 Å². The lowest BCUT2D eigenvalue weighted by Gasteiger charge is -2.36. The van der Waals surface area contributed by atoms with Crippen LogP contribution in [0, 0.1) is 5.92 Å². The summed E-state index contributed by atoms with van der Waals surface area (Å²) in [5.41, 5.74) is 1.15. The van der Waals surface area contributed by atoms with Gasteiger partial charge in [0.1, 0.15) is 6.10 Å². The molecule has 1 saturated carbocycles. The Kier molecular flexibility index (Phi) is 9.31. The first-order valence-electron chi connectivity index (χ1n) is 11.3. The molecule has 0 bridgehead atoms. The van der Waals surface area contributed by atoms with Crippen LogP contribution in [0.2, 0.25) is 0 Å². The highest BCUT2D eigenvalue weighted by Gasteiger charge is 2.22. The van der Waals surface area contributed by atoms with Gasteiger partial charge in [-0.05, 0) is 49.3 Å². The average molecular weight is 551 g/mol. The Morgan fingerprint density at radius 2 is 1.78 bits per heavy atom. The van der Waals surface area contributed by atoms with Gasteiger partial charge in [-0.3, -0.25) is 4.99 Å². The molecule has 0 atom stereocenters. The predicted octanol–water partition coefficient (Wildman–Crippen LogP) is 3.34. The van der Waals surface area contributed by atoms with Gasteiger partial charge in [0.25, 0.3) is 0 Å². The Balaban J connectivity index is 0.00000289. The summed E-state index contributed by atoms with van der Waals surface area (Å²) in [6.45, 7) is 6.51. The molecule has 8 nitrogen and oxygen atoms in total. The summed E-state index contributed by atoms with van der Waals surface area (Å²) >= 11 is 0. The molecule has 4 rings (SSSR count). The molecule has 1 N–H and O–H groups in total. The standard InChI is InChI=1S/C23H33N7O.HI/c1-18-4-6-20(7-5-18)31-21-16-19(8-11-25-21)17-28-22(24-2)29-12-14-30(15-13-29)23-26-9-3-10-27-23;/h3,8-11,16,18,20H,4-7,12-15,17H2,1-2H3,(H,24,28);1H. The molecule has 174 valence electrons. The first-order valence-corrected chi connectivity index (χ1v) is 11.3. The second-order valence-electron chi connectivity index (χ2n) is 8.43. The van der Waals surface area contributed by atoms with Gasteiger partial charge < -0.3 is 19.9 Å².